The van der Waals surface area contributed by atoms with Crippen LogP contribution in [0.5, 0.6) is 0 Å². The van der Waals surface area contributed by atoms with Crippen LogP contribution >= 0.6 is 0 Å². The van der Waals surface area contributed by atoms with Crippen LogP contribution in [0.25, 0.3) is 11.4 Å². The SMILES string of the molecule is O=C(c1c(F)cccc1-c1ncccn1)N1C[C@@H]2C[C@@H](Nc3cnc(C(F)(F)F)cn3)[C@@H]1C2. The number of hydrogen-bond acceptors (Lipinski definition) is 6. The number of rotatable bonds is 4. The average molecular weight is 458 g/mol. The third-order valence-corrected chi connectivity index (χ3v) is 6.05. The van der Waals surface area contributed by atoms with Crippen LogP contribution in [0.3, 0.4) is 0 Å². The van der Waals surface area contributed by atoms with E-state index in [1.165, 1.54) is 24.5 Å². The Morgan fingerprint density at radius 1 is 1.03 bits per heavy atom. The molecule has 0 radical (unpaired) electrons. The Kier molecular flexibility index (Phi) is 5.18. The van der Waals surface area contributed by atoms with Gasteiger partial charge in [0.2, 0.25) is 0 Å². The van der Waals surface area contributed by atoms with Gasteiger partial charge in [-0.1, -0.05) is 12.1 Å². The van der Waals surface area contributed by atoms with Crippen molar-refractivity contribution in [2.75, 3.05) is 11.9 Å². The Hall–Kier alpha value is -3.63. The topological polar surface area (TPSA) is 83.9 Å². The molecule has 0 unspecified atom stereocenters. The van der Waals surface area contributed by atoms with Gasteiger partial charge in [0.1, 0.15) is 11.6 Å². The normalized spacial score (nSPS) is 21.9. The lowest BCUT2D eigenvalue weighted by Gasteiger charge is -2.34. The molecule has 1 saturated heterocycles. The average Bonchev–Trinajstić information content (AvgIpc) is 3.39. The minimum atomic E-state index is -4.57. The summed E-state index contributed by atoms with van der Waals surface area (Å²) >= 11 is 0. The van der Waals surface area contributed by atoms with Gasteiger partial charge in [-0.15, -0.1) is 0 Å². The van der Waals surface area contributed by atoms with Gasteiger partial charge in [0.05, 0.1) is 24.0 Å². The molecule has 1 N–H and O–H groups in total. The van der Waals surface area contributed by atoms with E-state index in [2.05, 4.69) is 25.3 Å². The van der Waals surface area contributed by atoms with Crippen LogP contribution in [-0.2, 0) is 6.18 Å². The van der Waals surface area contributed by atoms with Crippen molar-refractivity contribution in [2.24, 2.45) is 5.92 Å². The van der Waals surface area contributed by atoms with Gasteiger partial charge in [-0.05, 0) is 30.9 Å². The number of amides is 1. The van der Waals surface area contributed by atoms with E-state index >= 15 is 0 Å². The third kappa shape index (κ3) is 3.98. The minimum Gasteiger partial charge on any atom is -0.364 e. The Labute approximate surface area is 185 Å². The van der Waals surface area contributed by atoms with Gasteiger partial charge in [0.15, 0.2) is 11.5 Å². The second-order valence-electron chi connectivity index (χ2n) is 8.13. The minimum absolute atomic E-state index is 0.0932. The maximum atomic E-state index is 14.8. The fourth-order valence-corrected chi connectivity index (χ4v) is 4.66. The maximum absolute atomic E-state index is 14.8. The number of aromatic nitrogens is 4. The molecule has 3 aromatic rings. The van der Waals surface area contributed by atoms with Crippen molar-refractivity contribution in [3.05, 3.63) is 66.1 Å². The monoisotopic (exact) mass is 458 g/mol. The molecule has 3 atom stereocenters. The highest BCUT2D eigenvalue weighted by molar-refractivity contribution is 6.00. The summed E-state index contributed by atoms with van der Waals surface area (Å²) in [4.78, 5) is 30.6. The summed E-state index contributed by atoms with van der Waals surface area (Å²) in [5.74, 6) is -0.488. The number of fused-ring (bicyclic) bond motifs is 2. The van der Waals surface area contributed by atoms with Crippen molar-refractivity contribution in [3.8, 4) is 11.4 Å². The Balaban J connectivity index is 1.38. The molecule has 1 saturated carbocycles. The predicted octanol–water partition coefficient (Wildman–Crippen LogP) is 3.81. The number of carbonyl (C=O) groups is 1. The smallest absolute Gasteiger partial charge is 0.364 e. The number of piperidine rings is 1. The highest BCUT2D eigenvalue weighted by atomic mass is 19.4. The molecule has 0 spiro atoms. The van der Waals surface area contributed by atoms with Crippen molar-refractivity contribution in [3.63, 3.8) is 0 Å². The Morgan fingerprint density at radius 3 is 2.48 bits per heavy atom. The molecular weight excluding hydrogens is 440 g/mol. The summed E-state index contributed by atoms with van der Waals surface area (Å²) in [6, 6.07) is 5.47. The molecule has 1 aliphatic heterocycles. The van der Waals surface area contributed by atoms with Gasteiger partial charge in [0, 0.05) is 30.5 Å². The van der Waals surface area contributed by atoms with Crippen LogP contribution in [0.4, 0.5) is 23.4 Å². The molecular formula is C22H18F4N6O. The summed E-state index contributed by atoms with van der Waals surface area (Å²) in [5.41, 5.74) is -0.862. The van der Waals surface area contributed by atoms with E-state index in [9.17, 15) is 22.4 Å². The van der Waals surface area contributed by atoms with E-state index in [0.29, 0.717) is 24.7 Å². The van der Waals surface area contributed by atoms with E-state index in [0.717, 1.165) is 12.6 Å². The van der Waals surface area contributed by atoms with E-state index in [4.69, 9.17) is 0 Å². The number of nitrogens with zero attached hydrogens (tertiary/aromatic N) is 5. The summed E-state index contributed by atoms with van der Waals surface area (Å²) in [5, 5.41) is 3.09. The van der Waals surface area contributed by atoms with Crippen LogP contribution in [0, 0.1) is 11.7 Å². The first-order chi connectivity index (χ1) is 15.8. The molecule has 1 aromatic carbocycles. The highest BCUT2D eigenvalue weighted by Crippen LogP contribution is 2.40. The summed E-state index contributed by atoms with van der Waals surface area (Å²) < 4.78 is 53.0. The van der Waals surface area contributed by atoms with E-state index < -0.39 is 23.6 Å². The van der Waals surface area contributed by atoms with Crippen LogP contribution in [-0.4, -0.2) is 49.4 Å². The molecule has 170 valence electrons. The maximum Gasteiger partial charge on any atom is 0.434 e. The number of hydrogen-bond donors (Lipinski definition) is 1. The fraction of sp³-hybridized carbons (Fsp3) is 0.318. The lowest BCUT2D eigenvalue weighted by atomic mass is 10.0. The van der Waals surface area contributed by atoms with Crippen LogP contribution in [0.15, 0.2) is 49.1 Å². The first-order valence-electron chi connectivity index (χ1n) is 10.3. The van der Waals surface area contributed by atoms with Crippen LogP contribution in [0.2, 0.25) is 0 Å². The first kappa shape index (κ1) is 21.2. The largest absolute Gasteiger partial charge is 0.434 e. The van der Waals surface area contributed by atoms with Crippen molar-refractivity contribution in [2.45, 2.75) is 31.1 Å². The second-order valence-corrected chi connectivity index (χ2v) is 8.13. The van der Waals surface area contributed by atoms with Crippen molar-refractivity contribution < 1.29 is 22.4 Å². The number of benzene rings is 1. The predicted molar refractivity (Wildman–Crippen MR) is 109 cm³/mol. The molecule has 1 amide bonds. The fourth-order valence-electron chi connectivity index (χ4n) is 4.66. The van der Waals surface area contributed by atoms with Gasteiger partial charge >= 0.3 is 6.18 Å². The van der Waals surface area contributed by atoms with Crippen molar-refractivity contribution >= 4 is 11.7 Å². The quantitative estimate of drug-likeness (QED) is 0.599. The molecule has 3 heterocycles. The molecule has 2 fully saturated rings. The highest BCUT2D eigenvalue weighted by Gasteiger charge is 2.48. The number of likely N-dealkylation sites (tertiary alicyclic amines) is 1. The van der Waals surface area contributed by atoms with Crippen LogP contribution < -0.4 is 5.32 Å². The molecule has 7 nitrogen and oxygen atoms in total. The van der Waals surface area contributed by atoms with Gasteiger partial charge < -0.3 is 10.2 Å². The lowest BCUT2D eigenvalue weighted by Crippen LogP contribution is -2.48. The number of anilines is 1. The van der Waals surface area contributed by atoms with E-state index in [1.54, 1.807) is 17.0 Å². The van der Waals surface area contributed by atoms with Crippen LogP contribution in [0.1, 0.15) is 28.9 Å². The van der Waals surface area contributed by atoms with Crippen molar-refractivity contribution in [1.29, 1.82) is 0 Å². The van der Waals surface area contributed by atoms with Gasteiger partial charge in [0.25, 0.3) is 5.91 Å². The van der Waals surface area contributed by atoms with E-state index in [-0.39, 0.29) is 35.2 Å². The third-order valence-electron chi connectivity index (χ3n) is 6.05. The number of nitrogens with one attached hydrogen (secondary N) is 1. The molecule has 33 heavy (non-hydrogen) atoms. The molecule has 1 aliphatic carbocycles. The molecule has 11 heteroatoms. The Morgan fingerprint density at radius 2 is 1.82 bits per heavy atom. The van der Waals surface area contributed by atoms with Gasteiger partial charge in [-0.3, -0.25) is 4.79 Å². The first-order valence-corrected chi connectivity index (χ1v) is 10.3. The summed E-state index contributed by atoms with van der Waals surface area (Å²) in [7, 11) is 0. The zero-order valence-electron chi connectivity index (χ0n) is 17.1. The van der Waals surface area contributed by atoms with E-state index in [1.807, 2.05) is 0 Å². The van der Waals surface area contributed by atoms with Gasteiger partial charge in [-0.25, -0.2) is 24.3 Å². The zero-order valence-corrected chi connectivity index (χ0v) is 17.1. The lowest BCUT2D eigenvalue weighted by molar-refractivity contribution is -0.141. The molecule has 2 aliphatic rings. The van der Waals surface area contributed by atoms with Crippen molar-refractivity contribution in [1.82, 2.24) is 24.8 Å². The molecule has 2 aromatic heterocycles. The standard InChI is InChI=1S/C22H18F4N6O/c23-14-4-1-3-13(20-27-5-2-6-28-20)19(14)21(33)32-11-12-7-15(16(32)8-12)31-18-10-29-17(9-30-18)22(24,25)26/h1-6,9-10,12,15-16H,7-8,11H2,(H,30,31)/t12-,15-,16+/m1/s1. The zero-order chi connectivity index (χ0) is 23.2. The summed E-state index contributed by atoms with van der Waals surface area (Å²) in [6.07, 6.45) is 1.61. The Bertz CT molecular complexity index is 1170. The number of carbonyl (C=O) groups excluding carboxylic acids is 1. The molecule has 2 bridgehead atoms. The molecule has 5 rings (SSSR count). The van der Waals surface area contributed by atoms with Gasteiger partial charge in [-0.2, -0.15) is 13.2 Å². The second kappa shape index (κ2) is 8.05. The summed E-state index contributed by atoms with van der Waals surface area (Å²) in [6.45, 7) is 0.476. The number of halogens is 4. The number of alkyl halides is 3.